The second-order valence-electron chi connectivity index (χ2n) is 8.88. The highest BCUT2D eigenvalue weighted by atomic mass is 32.2. The van der Waals surface area contributed by atoms with Gasteiger partial charge in [0.2, 0.25) is 10.0 Å². The van der Waals surface area contributed by atoms with Crippen molar-refractivity contribution < 1.29 is 22.7 Å². The van der Waals surface area contributed by atoms with E-state index in [-0.39, 0.29) is 24.8 Å². The number of piperidine rings is 1. The van der Waals surface area contributed by atoms with Crippen LogP contribution in [0, 0.1) is 0 Å². The van der Waals surface area contributed by atoms with Crippen LogP contribution in [0.5, 0.6) is 0 Å². The maximum atomic E-state index is 13.0. The summed E-state index contributed by atoms with van der Waals surface area (Å²) in [7, 11) is -3.42. The van der Waals surface area contributed by atoms with E-state index >= 15 is 0 Å². The van der Waals surface area contributed by atoms with E-state index in [4.69, 9.17) is 9.47 Å². The molecule has 7 nitrogen and oxygen atoms in total. The summed E-state index contributed by atoms with van der Waals surface area (Å²) in [4.78, 5) is 14.7. The molecule has 2 aliphatic heterocycles. The third-order valence-electron chi connectivity index (χ3n) is 6.27. The van der Waals surface area contributed by atoms with Crippen molar-refractivity contribution in [3.63, 3.8) is 0 Å². The third-order valence-corrected chi connectivity index (χ3v) is 7.01. The molecule has 0 saturated carbocycles. The molecule has 0 aliphatic carbocycles. The van der Waals surface area contributed by atoms with Gasteiger partial charge < -0.3 is 14.4 Å². The van der Waals surface area contributed by atoms with Crippen molar-refractivity contribution in [2.75, 3.05) is 26.0 Å². The van der Waals surface area contributed by atoms with Crippen LogP contribution in [0.3, 0.4) is 0 Å². The van der Waals surface area contributed by atoms with E-state index in [1.54, 1.807) is 4.90 Å². The number of hydrogen-bond donors (Lipinski definition) is 1. The number of amides is 1. The minimum Gasteiger partial charge on any atom is -0.447 e. The quantitative estimate of drug-likeness (QED) is 0.666. The molecule has 2 aromatic carbocycles. The molecule has 2 aliphatic rings. The van der Waals surface area contributed by atoms with Gasteiger partial charge in [-0.1, -0.05) is 54.6 Å². The first-order valence-electron chi connectivity index (χ1n) is 11.6. The van der Waals surface area contributed by atoms with Gasteiger partial charge in [0, 0.05) is 19.2 Å². The lowest BCUT2D eigenvalue weighted by Gasteiger charge is -2.41. The van der Waals surface area contributed by atoms with Crippen molar-refractivity contribution in [2.45, 2.75) is 50.3 Å². The Hall–Kier alpha value is -2.42. The predicted octanol–water partition coefficient (Wildman–Crippen LogP) is 3.59. The second kappa shape index (κ2) is 10.7. The second-order valence-corrected chi connectivity index (χ2v) is 10.7. The van der Waals surface area contributed by atoms with Gasteiger partial charge in [0.15, 0.2) is 0 Å². The van der Waals surface area contributed by atoms with Crippen molar-refractivity contribution in [3.05, 3.63) is 60.2 Å². The Kier molecular flexibility index (Phi) is 7.67. The lowest BCUT2D eigenvalue weighted by molar-refractivity contribution is 0.0171. The topological polar surface area (TPSA) is 84.9 Å². The van der Waals surface area contributed by atoms with Crippen molar-refractivity contribution in [3.8, 4) is 11.1 Å². The van der Waals surface area contributed by atoms with Crippen molar-refractivity contribution >= 4 is 16.1 Å². The van der Waals surface area contributed by atoms with Crippen LogP contribution in [0.4, 0.5) is 4.79 Å². The van der Waals surface area contributed by atoms with Gasteiger partial charge in [-0.05, 0) is 48.8 Å². The van der Waals surface area contributed by atoms with Gasteiger partial charge in [-0.25, -0.2) is 17.9 Å². The summed E-state index contributed by atoms with van der Waals surface area (Å²) in [5, 5.41) is 0. The van der Waals surface area contributed by atoms with Crippen molar-refractivity contribution in [2.24, 2.45) is 0 Å². The first kappa shape index (κ1) is 23.7. The maximum absolute atomic E-state index is 13.0. The highest BCUT2D eigenvalue weighted by molar-refractivity contribution is 7.88. The minimum absolute atomic E-state index is 0.0512. The van der Waals surface area contributed by atoms with Gasteiger partial charge in [0.25, 0.3) is 0 Å². The lowest BCUT2D eigenvalue weighted by Crippen LogP contribution is -2.58. The molecule has 2 saturated heterocycles. The van der Waals surface area contributed by atoms with Gasteiger partial charge in [0.05, 0.1) is 18.4 Å². The van der Waals surface area contributed by atoms with Gasteiger partial charge in [-0.3, -0.25) is 0 Å². The van der Waals surface area contributed by atoms with Crippen LogP contribution in [0.15, 0.2) is 54.6 Å². The molecule has 8 heteroatoms. The summed E-state index contributed by atoms with van der Waals surface area (Å²) in [6.45, 7) is 1.47. The number of rotatable bonds is 7. The standard InChI is InChI=1S/C25H32N2O5S/c1-33(29,30)26-23-13-6-14-27(25(28)32-18-22-12-7-15-31-22)24(23)17-19-8-5-11-21(16-19)20-9-3-2-4-10-20/h2-5,8-11,16,22-24,26H,6-7,12-15,17-18H2,1H3/t22?,23-,24-/m0/s1. The number of nitrogens with one attached hydrogen (secondary N) is 1. The smallest absolute Gasteiger partial charge is 0.410 e. The number of ether oxygens (including phenoxy) is 2. The Labute approximate surface area is 196 Å². The van der Waals surface area contributed by atoms with Crippen LogP contribution < -0.4 is 4.72 Å². The van der Waals surface area contributed by atoms with Crippen LogP contribution in [-0.2, 0) is 25.9 Å². The molecular formula is C25H32N2O5S. The normalized spacial score (nSPS) is 23.4. The summed E-state index contributed by atoms with van der Waals surface area (Å²) in [5.41, 5.74) is 3.24. The molecule has 0 radical (unpaired) electrons. The molecule has 0 aromatic heterocycles. The molecule has 4 rings (SSSR count). The molecule has 2 aromatic rings. The zero-order valence-electron chi connectivity index (χ0n) is 19.0. The molecule has 1 unspecified atom stereocenters. The maximum Gasteiger partial charge on any atom is 0.410 e. The van der Waals surface area contributed by atoms with Crippen LogP contribution in [0.1, 0.15) is 31.2 Å². The SMILES string of the molecule is CS(=O)(=O)N[C@H]1CCCN(C(=O)OCC2CCCO2)[C@H]1Cc1cccc(-c2ccccc2)c1. The monoisotopic (exact) mass is 472 g/mol. The van der Waals surface area contributed by atoms with E-state index in [2.05, 4.69) is 29.0 Å². The minimum atomic E-state index is -3.42. The molecule has 1 amide bonds. The van der Waals surface area contributed by atoms with Crippen molar-refractivity contribution in [1.82, 2.24) is 9.62 Å². The highest BCUT2D eigenvalue weighted by Gasteiger charge is 2.37. The summed E-state index contributed by atoms with van der Waals surface area (Å²) >= 11 is 0. The largest absolute Gasteiger partial charge is 0.447 e. The number of benzene rings is 2. The van der Waals surface area contributed by atoms with Gasteiger partial charge in [0.1, 0.15) is 6.61 Å². The van der Waals surface area contributed by atoms with Crippen LogP contribution in [-0.4, -0.2) is 63.6 Å². The van der Waals surface area contributed by atoms with E-state index in [1.807, 2.05) is 30.3 Å². The Balaban J connectivity index is 1.54. The molecule has 178 valence electrons. The summed E-state index contributed by atoms with van der Waals surface area (Å²) in [6, 6.07) is 17.6. The number of carbonyl (C=O) groups is 1. The van der Waals surface area contributed by atoms with Crippen LogP contribution in [0.2, 0.25) is 0 Å². The molecule has 2 fully saturated rings. The fourth-order valence-electron chi connectivity index (χ4n) is 4.72. The third kappa shape index (κ3) is 6.56. The molecule has 1 N–H and O–H groups in total. The number of sulfonamides is 1. The van der Waals surface area contributed by atoms with E-state index in [0.717, 1.165) is 35.8 Å². The first-order chi connectivity index (χ1) is 15.9. The first-order valence-corrected chi connectivity index (χ1v) is 13.4. The average molecular weight is 473 g/mol. The molecule has 2 heterocycles. The predicted molar refractivity (Wildman–Crippen MR) is 127 cm³/mol. The highest BCUT2D eigenvalue weighted by Crippen LogP contribution is 2.26. The fourth-order valence-corrected chi connectivity index (χ4v) is 5.55. The van der Waals surface area contributed by atoms with Crippen LogP contribution in [0.25, 0.3) is 11.1 Å². The summed E-state index contributed by atoms with van der Waals surface area (Å²) < 4.78 is 38.0. The van der Waals surface area contributed by atoms with Gasteiger partial charge in [-0.2, -0.15) is 0 Å². The zero-order chi connectivity index (χ0) is 23.3. The molecular weight excluding hydrogens is 440 g/mol. The lowest BCUT2D eigenvalue weighted by atomic mass is 9.90. The van der Waals surface area contributed by atoms with Crippen LogP contribution >= 0.6 is 0 Å². The number of carbonyl (C=O) groups excluding carboxylic acids is 1. The molecule has 0 spiro atoms. The zero-order valence-corrected chi connectivity index (χ0v) is 19.8. The Morgan fingerprint density at radius 2 is 1.88 bits per heavy atom. The Bertz CT molecular complexity index is 1040. The Morgan fingerprint density at radius 3 is 2.61 bits per heavy atom. The van der Waals surface area contributed by atoms with E-state index in [0.29, 0.717) is 32.4 Å². The number of hydrogen-bond acceptors (Lipinski definition) is 5. The molecule has 33 heavy (non-hydrogen) atoms. The summed E-state index contributed by atoms with van der Waals surface area (Å²) in [6.07, 6.45) is 4.49. The van der Waals surface area contributed by atoms with Gasteiger partial charge >= 0.3 is 6.09 Å². The van der Waals surface area contributed by atoms with Gasteiger partial charge in [-0.15, -0.1) is 0 Å². The van der Waals surface area contributed by atoms with Crippen molar-refractivity contribution in [1.29, 1.82) is 0 Å². The molecule has 0 bridgehead atoms. The number of nitrogens with zero attached hydrogens (tertiary/aromatic N) is 1. The fraction of sp³-hybridized carbons (Fsp3) is 0.480. The Morgan fingerprint density at radius 1 is 1.09 bits per heavy atom. The van der Waals surface area contributed by atoms with E-state index in [9.17, 15) is 13.2 Å². The molecule has 3 atom stereocenters. The summed E-state index contributed by atoms with van der Waals surface area (Å²) in [5.74, 6) is 0. The average Bonchev–Trinajstić information content (AvgIpc) is 3.32. The van der Waals surface area contributed by atoms with E-state index in [1.165, 1.54) is 0 Å². The number of likely N-dealkylation sites (tertiary alicyclic amines) is 1. The van der Waals surface area contributed by atoms with E-state index < -0.39 is 16.1 Å².